The van der Waals surface area contributed by atoms with Gasteiger partial charge in [0.25, 0.3) is 0 Å². The second-order valence-electron chi connectivity index (χ2n) is 5.50. The molecule has 0 bridgehead atoms. The Morgan fingerprint density at radius 2 is 2.28 bits per heavy atom. The quantitative estimate of drug-likeness (QED) is 0.886. The van der Waals surface area contributed by atoms with Crippen LogP contribution in [-0.4, -0.2) is 35.4 Å². The van der Waals surface area contributed by atoms with Gasteiger partial charge in [-0.3, -0.25) is 0 Å². The molecule has 0 aliphatic carbocycles. The van der Waals surface area contributed by atoms with Crippen molar-refractivity contribution in [3.8, 4) is 0 Å². The fourth-order valence-electron chi connectivity index (χ4n) is 2.48. The molecule has 1 aliphatic rings. The number of rotatable bonds is 4. The molecule has 0 aromatic carbocycles. The third-order valence-electron chi connectivity index (χ3n) is 3.46. The van der Waals surface area contributed by atoms with E-state index in [2.05, 4.69) is 47.3 Å². The predicted molar refractivity (Wildman–Crippen MR) is 74.9 cm³/mol. The topological polar surface area (TPSA) is 41.1 Å². The maximum atomic E-state index is 4.29. The Morgan fingerprint density at radius 1 is 1.44 bits per heavy atom. The number of aromatic nitrogens is 2. The SMILES string of the molecule is Cc1cnnc(N2CCCCC2CNC(C)C)c1. The molecule has 4 heteroatoms. The summed E-state index contributed by atoms with van der Waals surface area (Å²) in [6, 6.07) is 3.23. The summed E-state index contributed by atoms with van der Waals surface area (Å²) in [7, 11) is 0. The van der Waals surface area contributed by atoms with Gasteiger partial charge in [-0.05, 0) is 37.8 Å². The van der Waals surface area contributed by atoms with Crippen molar-refractivity contribution in [1.82, 2.24) is 15.5 Å². The average molecular weight is 248 g/mol. The van der Waals surface area contributed by atoms with Crippen LogP contribution in [0.15, 0.2) is 12.3 Å². The van der Waals surface area contributed by atoms with Crippen LogP contribution in [-0.2, 0) is 0 Å². The van der Waals surface area contributed by atoms with Gasteiger partial charge in [-0.1, -0.05) is 13.8 Å². The van der Waals surface area contributed by atoms with E-state index in [1.165, 1.54) is 24.8 Å². The van der Waals surface area contributed by atoms with E-state index in [1.54, 1.807) is 0 Å². The standard InChI is InChI=1S/C14H24N4/c1-11(2)15-10-13-6-4-5-7-18(13)14-8-12(3)9-16-17-14/h8-9,11,13,15H,4-7,10H2,1-3H3. The first-order valence-corrected chi connectivity index (χ1v) is 6.96. The lowest BCUT2D eigenvalue weighted by atomic mass is 10.0. The Hall–Kier alpha value is -1.16. The average Bonchev–Trinajstić information content (AvgIpc) is 2.36. The molecule has 100 valence electrons. The van der Waals surface area contributed by atoms with Gasteiger partial charge in [-0.2, -0.15) is 5.10 Å². The van der Waals surface area contributed by atoms with Crippen LogP contribution >= 0.6 is 0 Å². The van der Waals surface area contributed by atoms with Crippen molar-refractivity contribution < 1.29 is 0 Å². The molecule has 2 heterocycles. The molecule has 1 unspecified atom stereocenters. The van der Waals surface area contributed by atoms with Gasteiger partial charge in [0.15, 0.2) is 5.82 Å². The molecule has 1 aliphatic heterocycles. The number of aryl methyl sites for hydroxylation is 1. The Morgan fingerprint density at radius 3 is 3.00 bits per heavy atom. The molecular formula is C14H24N4. The van der Waals surface area contributed by atoms with E-state index in [0.29, 0.717) is 12.1 Å². The molecular weight excluding hydrogens is 224 g/mol. The highest BCUT2D eigenvalue weighted by Crippen LogP contribution is 2.22. The third kappa shape index (κ3) is 3.42. The van der Waals surface area contributed by atoms with E-state index in [-0.39, 0.29) is 0 Å². The maximum absolute atomic E-state index is 4.29. The van der Waals surface area contributed by atoms with Crippen LogP contribution in [0.3, 0.4) is 0 Å². The number of anilines is 1. The number of nitrogens with one attached hydrogen (secondary N) is 1. The highest BCUT2D eigenvalue weighted by molar-refractivity contribution is 5.41. The monoisotopic (exact) mass is 248 g/mol. The van der Waals surface area contributed by atoms with Gasteiger partial charge >= 0.3 is 0 Å². The molecule has 0 saturated carbocycles. The summed E-state index contributed by atoms with van der Waals surface area (Å²) >= 11 is 0. The fraction of sp³-hybridized carbons (Fsp3) is 0.714. The zero-order valence-corrected chi connectivity index (χ0v) is 11.7. The zero-order valence-electron chi connectivity index (χ0n) is 11.7. The molecule has 0 radical (unpaired) electrons. The van der Waals surface area contributed by atoms with E-state index < -0.39 is 0 Å². The Bertz CT molecular complexity index is 378. The molecule has 1 atom stereocenters. The van der Waals surface area contributed by atoms with Gasteiger partial charge < -0.3 is 10.2 Å². The summed E-state index contributed by atoms with van der Waals surface area (Å²) in [5, 5.41) is 11.9. The maximum Gasteiger partial charge on any atom is 0.151 e. The van der Waals surface area contributed by atoms with E-state index >= 15 is 0 Å². The molecule has 1 aromatic heterocycles. The summed E-state index contributed by atoms with van der Waals surface area (Å²) in [5.74, 6) is 1.03. The molecule has 1 saturated heterocycles. The van der Waals surface area contributed by atoms with Crippen molar-refractivity contribution in [2.75, 3.05) is 18.0 Å². The van der Waals surface area contributed by atoms with Gasteiger partial charge in [-0.15, -0.1) is 5.10 Å². The summed E-state index contributed by atoms with van der Waals surface area (Å²) in [6.07, 6.45) is 5.64. The lowest BCUT2D eigenvalue weighted by Gasteiger charge is -2.37. The zero-order chi connectivity index (χ0) is 13.0. The lowest BCUT2D eigenvalue weighted by molar-refractivity contribution is 0.418. The van der Waals surface area contributed by atoms with Crippen LogP contribution in [0, 0.1) is 6.92 Å². The van der Waals surface area contributed by atoms with Gasteiger partial charge in [0, 0.05) is 25.2 Å². The van der Waals surface area contributed by atoms with Crippen LogP contribution < -0.4 is 10.2 Å². The molecule has 0 amide bonds. The van der Waals surface area contributed by atoms with E-state index in [0.717, 1.165) is 18.9 Å². The summed E-state index contributed by atoms with van der Waals surface area (Å²) in [4.78, 5) is 2.42. The Balaban J connectivity index is 2.07. The van der Waals surface area contributed by atoms with Crippen LogP contribution in [0.4, 0.5) is 5.82 Å². The van der Waals surface area contributed by atoms with Crippen LogP contribution in [0.1, 0.15) is 38.7 Å². The molecule has 2 rings (SSSR count). The van der Waals surface area contributed by atoms with Crippen molar-refractivity contribution in [3.63, 3.8) is 0 Å². The second-order valence-corrected chi connectivity index (χ2v) is 5.50. The normalized spacial score (nSPS) is 20.4. The van der Waals surface area contributed by atoms with Crippen molar-refractivity contribution in [2.45, 2.75) is 52.1 Å². The van der Waals surface area contributed by atoms with Gasteiger partial charge in [0.1, 0.15) is 0 Å². The first-order chi connectivity index (χ1) is 8.66. The number of hydrogen-bond donors (Lipinski definition) is 1. The first kappa shape index (κ1) is 13.3. The number of nitrogens with zero attached hydrogens (tertiary/aromatic N) is 3. The lowest BCUT2D eigenvalue weighted by Crippen LogP contribution is -2.47. The molecule has 1 N–H and O–H groups in total. The minimum absolute atomic E-state index is 0.539. The fourth-order valence-corrected chi connectivity index (χ4v) is 2.48. The van der Waals surface area contributed by atoms with Crippen LogP contribution in [0.25, 0.3) is 0 Å². The molecule has 4 nitrogen and oxygen atoms in total. The molecule has 1 fully saturated rings. The minimum Gasteiger partial charge on any atom is -0.351 e. The molecule has 1 aromatic rings. The van der Waals surface area contributed by atoms with E-state index in [1.807, 2.05) is 6.20 Å². The molecule has 18 heavy (non-hydrogen) atoms. The predicted octanol–water partition coefficient (Wildman–Crippen LogP) is 2.14. The number of hydrogen-bond acceptors (Lipinski definition) is 4. The highest BCUT2D eigenvalue weighted by atomic mass is 15.3. The molecule has 0 spiro atoms. The smallest absolute Gasteiger partial charge is 0.151 e. The summed E-state index contributed by atoms with van der Waals surface area (Å²) in [6.45, 7) is 8.60. The Labute approximate surface area is 110 Å². The second kappa shape index (κ2) is 6.14. The summed E-state index contributed by atoms with van der Waals surface area (Å²) < 4.78 is 0. The van der Waals surface area contributed by atoms with Gasteiger partial charge in [0.2, 0.25) is 0 Å². The van der Waals surface area contributed by atoms with Crippen LogP contribution in [0.5, 0.6) is 0 Å². The van der Waals surface area contributed by atoms with Crippen molar-refractivity contribution in [3.05, 3.63) is 17.8 Å². The highest BCUT2D eigenvalue weighted by Gasteiger charge is 2.23. The van der Waals surface area contributed by atoms with Crippen molar-refractivity contribution in [1.29, 1.82) is 0 Å². The number of piperidine rings is 1. The minimum atomic E-state index is 0.539. The largest absolute Gasteiger partial charge is 0.351 e. The van der Waals surface area contributed by atoms with Crippen LogP contribution in [0.2, 0.25) is 0 Å². The van der Waals surface area contributed by atoms with Crippen molar-refractivity contribution >= 4 is 5.82 Å². The summed E-state index contributed by atoms with van der Waals surface area (Å²) in [5.41, 5.74) is 1.18. The van der Waals surface area contributed by atoms with E-state index in [4.69, 9.17) is 0 Å². The first-order valence-electron chi connectivity index (χ1n) is 6.96. The van der Waals surface area contributed by atoms with Gasteiger partial charge in [0.05, 0.1) is 6.20 Å². The van der Waals surface area contributed by atoms with Gasteiger partial charge in [-0.25, -0.2) is 0 Å². The third-order valence-corrected chi connectivity index (χ3v) is 3.46. The van der Waals surface area contributed by atoms with E-state index in [9.17, 15) is 0 Å². The van der Waals surface area contributed by atoms with Crippen molar-refractivity contribution in [2.24, 2.45) is 0 Å². The Kier molecular flexibility index (Phi) is 4.53.